The van der Waals surface area contributed by atoms with Crippen LogP contribution in [0.15, 0.2) is 54.9 Å². The van der Waals surface area contributed by atoms with Crippen LogP contribution in [0.1, 0.15) is 36.9 Å². The number of carbonyl (C=O) groups excluding carboxylic acids is 3. The third kappa shape index (κ3) is 4.12. The van der Waals surface area contributed by atoms with Gasteiger partial charge in [0.05, 0.1) is 18.0 Å². The topological polar surface area (TPSA) is 145 Å². The molecule has 0 aliphatic heterocycles. The van der Waals surface area contributed by atoms with Crippen LogP contribution in [0.2, 0.25) is 0 Å². The highest BCUT2D eigenvalue weighted by Gasteiger charge is 2.22. The number of nitrogens with two attached hydrogens (primary N) is 1. The fourth-order valence-electron chi connectivity index (χ4n) is 2.62. The number of imidazole rings is 1. The van der Waals surface area contributed by atoms with Crippen molar-refractivity contribution < 1.29 is 14.4 Å². The van der Waals surface area contributed by atoms with Crippen molar-refractivity contribution in [1.82, 2.24) is 9.97 Å². The summed E-state index contributed by atoms with van der Waals surface area (Å²) in [4.78, 5) is 44.0. The zero-order valence-electron chi connectivity index (χ0n) is 15.3. The molecule has 0 radical (unpaired) electrons. The predicted octanol–water partition coefficient (Wildman–Crippen LogP) is 1.91. The third-order valence-corrected chi connectivity index (χ3v) is 4.16. The van der Waals surface area contributed by atoms with E-state index in [1.165, 1.54) is 24.3 Å². The molecule has 0 fully saturated rings. The van der Waals surface area contributed by atoms with Crippen molar-refractivity contribution in [2.45, 2.75) is 0 Å². The standard InChI is InChI=1S/C20H16N6O3/c1-26(20(29)17-16(18(22)27)23-11-24-17)15-7-5-14(6-8-15)25-19(28)13-4-2-3-12(9-13)10-21/h2-9,11H,1H3,(H2,22,27)(H,23,24)(H,25,28). The Labute approximate surface area is 165 Å². The quantitative estimate of drug-likeness (QED) is 0.611. The highest BCUT2D eigenvalue weighted by atomic mass is 16.2. The van der Waals surface area contributed by atoms with E-state index in [4.69, 9.17) is 11.0 Å². The number of nitriles is 1. The number of anilines is 2. The van der Waals surface area contributed by atoms with Gasteiger partial charge in [-0.1, -0.05) is 6.07 Å². The molecule has 1 heterocycles. The van der Waals surface area contributed by atoms with Crippen LogP contribution in [0, 0.1) is 11.3 Å². The van der Waals surface area contributed by atoms with Gasteiger partial charge in [0.2, 0.25) is 0 Å². The molecular weight excluding hydrogens is 372 g/mol. The van der Waals surface area contributed by atoms with E-state index in [0.717, 1.165) is 0 Å². The number of aromatic nitrogens is 2. The van der Waals surface area contributed by atoms with Gasteiger partial charge in [0.25, 0.3) is 17.7 Å². The second kappa shape index (κ2) is 8.06. The lowest BCUT2D eigenvalue weighted by Gasteiger charge is -2.17. The fourth-order valence-corrected chi connectivity index (χ4v) is 2.62. The maximum Gasteiger partial charge on any atom is 0.279 e. The normalized spacial score (nSPS) is 10.1. The van der Waals surface area contributed by atoms with Gasteiger partial charge in [-0.15, -0.1) is 0 Å². The molecule has 0 aliphatic rings. The number of carbonyl (C=O) groups is 3. The second-order valence-electron chi connectivity index (χ2n) is 6.05. The van der Waals surface area contributed by atoms with Crippen molar-refractivity contribution in [3.63, 3.8) is 0 Å². The van der Waals surface area contributed by atoms with Crippen molar-refractivity contribution in [1.29, 1.82) is 5.26 Å². The van der Waals surface area contributed by atoms with Crippen molar-refractivity contribution >= 4 is 29.1 Å². The number of benzene rings is 2. The minimum absolute atomic E-state index is 0.0645. The molecule has 0 spiro atoms. The van der Waals surface area contributed by atoms with E-state index in [-0.39, 0.29) is 17.3 Å². The van der Waals surface area contributed by atoms with E-state index in [0.29, 0.717) is 22.5 Å². The number of aromatic amines is 1. The summed E-state index contributed by atoms with van der Waals surface area (Å²) in [6.45, 7) is 0. The molecule has 0 atom stereocenters. The number of H-pyrrole nitrogens is 1. The fraction of sp³-hybridized carbons (Fsp3) is 0.0500. The average Bonchev–Trinajstić information content (AvgIpc) is 3.23. The molecule has 0 saturated heterocycles. The molecule has 9 heteroatoms. The number of amides is 3. The van der Waals surface area contributed by atoms with E-state index in [1.54, 1.807) is 42.5 Å². The van der Waals surface area contributed by atoms with E-state index in [9.17, 15) is 14.4 Å². The van der Waals surface area contributed by atoms with Crippen LogP contribution in [0.25, 0.3) is 0 Å². The molecule has 144 valence electrons. The molecule has 3 rings (SSSR count). The Morgan fingerprint density at radius 1 is 1.17 bits per heavy atom. The van der Waals surface area contributed by atoms with Gasteiger partial charge >= 0.3 is 0 Å². The maximum atomic E-state index is 12.6. The first-order valence-electron chi connectivity index (χ1n) is 8.43. The first-order chi connectivity index (χ1) is 13.9. The van der Waals surface area contributed by atoms with Gasteiger partial charge in [-0.3, -0.25) is 14.4 Å². The summed E-state index contributed by atoms with van der Waals surface area (Å²) in [5, 5.41) is 11.7. The molecule has 3 amide bonds. The summed E-state index contributed by atoms with van der Waals surface area (Å²) in [6, 6.07) is 14.9. The van der Waals surface area contributed by atoms with Gasteiger partial charge in [-0.25, -0.2) is 4.98 Å². The zero-order valence-corrected chi connectivity index (χ0v) is 15.3. The number of nitrogens with one attached hydrogen (secondary N) is 2. The Bertz CT molecular complexity index is 1130. The van der Waals surface area contributed by atoms with Crippen LogP contribution in [0.4, 0.5) is 11.4 Å². The lowest BCUT2D eigenvalue weighted by Crippen LogP contribution is -2.29. The number of nitrogens with zero attached hydrogens (tertiary/aromatic N) is 3. The van der Waals surface area contributed by atoms with Gasteiger partial charge in [0.1, 0.15) is 5.69 Å². The minimum Gasteiger partial charge on any atom is -0.364 e. The molecular formula is C20H16N6O3. The Balaban J connectivity index is 1.73. The smallest absolute Gasteiger partial charge is 0.279 e. The Kier molecular flexibility index (Phi) is 5.37. The summed E-state index contributed by atoms with van der Waals surface area (Å²) < 4.78 is 0. The minimum atomic E-state index is -0.780. The van der Waals surface area contributed by atoms with Crippen LogP contribution in [0.3, 0.4) is 0 Å². The molecule has 4 N–H and O–H groups in total. The van der Waals surface area contributed by atoms with E-state index < -0.39 is 11.8 Å². The largest absolute Gasteiger partial charge is 0.364 e. The highest BCUT2D eigenvalue weighted by molar-refractivity contribution is 6.11. The third-order valence-electron chi connectivity index (χ3n) is 4.16. The van der Waals surface area contributed by atoms with Crippen LogP contribution < -0.4 is 16.0 Å². The van der Waals surface area contributed by atoms with Crippen molar-refractivity contribution in [2.24, 2.45) is 5.73 Å². The van der Waals surface area contributed by atoms with Gasteiger partial charge in [-0.05, 0) is 42.5 Å². The summed E-state index contributed by atoms with van der Waals surface area (Å²) in [7, 11) is 1.53. The van der Waals surface area contributed by atoms with Crippen LogP contribution in [0.5, 0.6) is 0 Å². The molecule has 9 nitrogen and oxygen atoms in total. The monoisotopic (exact) mass is 388 g/mol. The molecule has 29 heavy (non-hydrogen) atoms. The average molecular weight is 388 g/mol. The predicted molar refractivity (Wildman–Crippen MR) is 105 cm³/mol. The van der Waals surface area contributed by atoms with E-state index >= 15 is 0 Å². The first-order valence-corrected chi connectivity index (χ1v) is 8.43. The number of hydrogen-bond acceptors (Lipinski definition) is 5. The van der Waals surface area contributed by atoms with Crippen molar-refractivity contribution in [3.05, 3.63) is 77.4 Å². The summed E-state index contributed by atoms with van der Waals surface area (Å²) in [6.07, 6.45) is 1.22. The molecule has 0 unspecified atom stereocenters. The number of hydrogen-bond donors (Lipinski definition) is 3. The van der Waals surface area contributed by atoms with Gasteiger partial charge in [0, 0.05) is 24.0 Å². The Morgan fingerprint density at radius 3 is 2.55 bits per heavy atom. The molecule has 0 aliphatic carbocycles. The second-order valence-corrected chi connectivity index (χ2v) is 6.05. The number of primary amides is 1. The zero-order chi connectivity index (χ0) is 21.0. The molecule has 0 bridgehead atoms. The molecule has 1 aromatic heterocycles. The maximum absolute atomic E-state index is 12.6. The molecule has 0 saturated carbocycles. The van der Waals surface area contributed by atoms with Gasteiger partial charge < -0.3 is 20.9 Å². The summed E-state index contributed by atoms with van der Waals surface area (Å²) in [5.74, 6) is -1.65. The van der Waals surface area contributed by atoms with Gasteiger partial charge in [0.15, 0.2) is 5.69 Å². The SMILES string of the molecule is CN(C(=O)c1nc[nH]c1C(N)=O)c1ccc(NC(=O)c2cccc(C#N)c2)cc1. The van der Waals surface area contributed by atoms with Crippen LogP contribution in [-0.4, -0.2) is 34.7 Å². The van der Waals surface area contributed by atoms with Gasteiger partial charge in [-0.2, -0.15) is 5.26 Å². The van der Waals surface area contributed by atoms with Crippen LogP contribution >= 0.6 is 0 Å². The highest BCUT2D eigenvalue weighted by Crippen LogP contribution is 2.20. The van der Waals surface area contributed by atoms with E-state index in [1.807, 2.05) is 6.07 Å². The lowest BCUT2D eigenvalue weighted by molar-refractivity contribution is 0.0958. The lowest BCUT2D eigenvalue weighted by atomic mass is 10.1. The summed E-state index contributed by atoms with van der Waals surface area (Å²) >= 11 is 0. The van der Waals surface area contributed by atoms with E-state index in [2.05, 4.69) is 15.3 Å². The van der Waals surface area contributed by atoms with Crippen molar-refractivity contribution in [3.8, 4) is 6.07 Å². The Hall–Kier alpha value is -4.45. The van der Waals surface area contributed by atoms with Crippen LogP contribution in [-0.2, 0) is 0 Å². The first kappa shape index (κ1) is 19.3. The Morgan fingerprint density at radius 2 is 1.90 bits per heavy atom. The number of rotatable bonds is 5. The summed E-state index contributed by atoms with van der Waals surface area (Å²) in [5.41, 5.74) is 6.88. The molecule has 2 aromatic carbocycles. The molecule has 3 aromatic rings. The van der Waals surface area contributed by atoms with Crippen molar-refractivity contribution in [2.75, 3.05) is 17.3 Å².